The van der Waals surface area contributed by atoms with Crippen molar-refractivity contribution in [3.05, 3.63) is 48.0 Å². The summed E-state index contributed by atoms with van der Waals surface area (Å²) in [5, 5.41) is 4.46. The third-order valence-corrected chi connectivity index (χ3v) is 2.43. The molecule has 3 heteroatoms. The minimum Gasteiger partial charge on any atom is -0.241 e. The minimum absolute atomic E-state index is 0.209. The van der Waals surface area contributed by atoms with Crippen molar-refractivity contribution in [1.29, 1.82) is 0 Å². The van der Waals surface area contributed by atoms with Crippen LogP contribution in [0.2, 0.25) is 0 Å². The first-order valence-electron chi connectivity index (χ1n) is 5.74. The lowest BCUT2D eigenvalue weighted by Gasteiger charge is -2.15. The van der Waals surface area contributed by atoms with Gasteiger partial charge in [-0.25, -0.2) is 9.07 Å². The van der Waals surface area contributed by atoms with Crippen LogP contribution in [0.25, 0.3) is 5.69 Å². The molecule has 0 saturated carbocycles. The van der Waals surface area contributed by atoms with E-state index in [0.717, 1.165) is 17.8 Å². The molecule has 0 radical (unpaired) electrons. The van der Waals surface area contributed by atoms with Crippen molar-refractivity contribution >= 4 is 0 Å². The Balaban J connectivity index is 2.24. The van der Waals surface area contributed by atoms with Crippen LogP contribution in [-0.2, 0) is 6.42 Å². The molecule has 2 nitrogen and oxygen atoms in total. The molecule has 17 heavy (non-hydrogen) atoms. The van der Waals surface area contributed by atoms with Crippen molar-refractivity contribution in [3.8, 4) is 5.69 Å². The molecule has 0 aliphatic rings. The normalized spacial score (nSPS) is 11.8. The maximum Gasteiger partial charge on any atom is 0.125 e. The van der Waals surface area contributed by atoms with Gasteiger partial charge in [0.05, 0.1) is 11.4 Å². The van der Waals surface area contributed by atoms with Gasteiger partial charge in [0.1, 0.15) is 5.82 Å². The van der Waals surface area contributed by atoms with Gasteiger partial charge in [-0.05, 0) is 36.1 Å². The molecule has 0 aliphatic carbocycles. The van der Waals surface area contributed by atoms with Crippen LogP contribution >= 0.6 is 0 Å². The van der Waals surface area contributed by atoms with Crippen LogP contribution in [-0.4, -0.2) is 9.78 Å². The highest BCUT2D eigenvalue weighted by molar-refractivity contribution is 5.31. The van der Waals surface area contributed by atoms with E-state index >= 15 is 0 Å². The van der Waals surface area contributed by atoms with Crippen molar-refractivity contribution in [2.45, 2.75) is 27.2 Å². The molecule has 0 amide bonds. The standard InChI is InChI=1S/C14H17FN2/c1-14(2,3)10-12-7-8-17(16-12)13-6-4-5-11(15)9-13/h4-9H,10H2,1-3H3. The molecule has 2 rings (SSSR count). The lowest BCUT2D eigenvalue weighted by Crippen LogP contribution is -2.10. The van der Waals surface area contributed by atoms with Gasteiger partial charge in [-0.15, -0.1) is 0 Å². The minimum atomic E-state index is -0.240. The van der Waals surface area contributed by atoms with Crippen LogP contribution in [0.5, 0.6) is 0 Å². The van der Waals surface area contributed by atoms with E-state index in [4.69, 9.17) is 0 Å². The first-order chi connectivity index (χ1) is 7.94. The number of benzene rings is 1. The fourth-order valence-electron chi connectivity index (χ4n) is 1.76. The van der Waals surface area contributed by atoms with E-state index in [9.17, 15) is 4.39 Å². The Bertz CT molecular complexity index is 509. The van der Waals surface area contributed by atoms with Gasteiger partial charge in [0.15, 0.2) is 0 Å². The molecular weight excluding hydrogens is 215 g/mol. The molecule has 0 bridgehead atoms. The number of hydrogen-bond acceptors (Lipinski definition) is 1. The van der Waals surface area contributed by atoms with Gasteiger partial charge in [0.25, 0.3) is 0 Å². The Labute approximate surface area is 101 Å². The van der Waals surface area contributed by atoms with Crippen LogP contribution in [0.15, 0.2) is 36.5 Å². The quantitative estimate of drug-likeness (QED) is 0.773. The number of nitrogens with zero attached hydrogens (tertiary/aromatic N) is 2. The van der Waals surface area contributed by atoms with Gasteiger partial charge >= 0.3 is 0 Å². The summed E-state index contributed by atoms with van der Waals surface area (Å²) >= 11 is 0. The largest absolute Gasteiger partial charge is 0.241 e. The van der Waals surface area contributed by atoms with E-state index in [1.54, 1.807) is 10.7 Å². The molecule has 1 aromatic carbocycles. The van der Waals surface area contributed by atoms with E-state index in [1.165, 1.54) is 12.1 Å². The van der Waals surface area contributed by atoms with Gasteiger partial charge in [0.2, 0.25) is 0 Å². The highest BCUT2D eigenvalue weighted by Gasteiger charge is 2.13. The Morgan fingerprint density at radius 1 is 1.24 bits per heavy atom. The zero-order valence-corrected chi connectivity index (χ0v) is 10.4. The molecule has 90 valence electrons. The first kappa shape index (κ1) is 11.8. The van der Waals surface area contributed by atoms with Crippen LogP contribution in [0.4, 0.5) is 4.39 Å². The summed E-state index contributed by atoms with van der Waals surface area (Å²) in [6.45, 7) is 6.52. The third kappa shape index (κ3) is 3.16. The molecule has 1 aromatic heterocycles. The van der Waals surface area contributed by atoms with Gasteiger partial charge < -0.3 is 0 Å². The topological polar surface area (TPSA) is 17.8 Å². The zero-order chi connectivity index (χ0) is 12.5. The lowest BCUT2D eigenvalue weighted by atomic mass is 9.91. The molecule has 0 N–H and O–H groups in total. The van der Waals surface area contributed by atoms with Gasteiger partial charge in [-0.2, -0.15) is 5.10 Å². The SMILES string of the molecule is CC(C)(C)Cc1ccn(-c2cccc(F)c2)n1. The Hall–Kier alpha value is -1.64. The predicted octanol–water partition coefficient (Wildman–Crippen LogP) is 3.60. The molecule has 0 unspecified atom stereocenters. The van der Waals surface area contributed by atoms with Crippen molar-refractivity contribution in [2.24, 2.45) is 5.41 Å². The monoisotopic (exact) mass is 232 g/mol. The van der Waals surface area contributed by atoms with Crippen LogP contribution in [0, 0.1) is 11.2 Å². The highest BCUT2D eigenvalue weighted by atomic mass is 19.1. The summed E-state index contributed by atoms with van der Waals surface area (Å²) in [4.78, 5) is 0. The van der Waals surface area contributed by atoms with Crippen LogP contribution in [0.1, 0.15) is 26.5 Å². The maximum absolute atomic E-state index is 13.1. The van der Waals surface area contributed by atoms with Gasteiger partial charge in [-0.3, -0.25) is 0 Å². The summed E-state index contributed by atoms with van der Waals surface area (Å²) in [6.07, 6.45) is 2.78. The summed E-state index contributed by atoms with van der Waals surface area (Å²) in [6, 6.07) is 8.43. The predicted molar refractivity (Wildman–Crippen MR) is 66.7 cm³/mol. The number of rotatable bonds is 2. The smallest absolute Gasteiger partial charge is 0.125 e. The number of aromatic nitrogens is 2. The second kappa shape index (κ2) is 4.32. The average Bonchev–Trinajstić information content (AvgIpc) is 2.63. The van der Waals surface area contributed by atoms with Crippen molar-refractivity contribution in [2.75, 3.05) is 0 Å². The van der Waals surface area contributed by atoms with E-state index in [2.05, 4.69) is 25.9 Å². The molecule has 0 aliphatic heterocycles. The Morgan fingerprint density at radius 2 is 2.00 bits per heavy atom. The average molecular weight is 232 g/mol. The fraction of sp³-hybridized carbons (Fsp3) is 0.357. The number of halogens is 1. The molecule has 0 fully saturated rings. The number of hydrogen-bond donors (Lipinski definition) is 0. The molecule has 0 saturated heterocycles. The van der Waals surface area contributed by atoms with Gasteiger partial charge in [0, 0.05) is 6.20 Å². The lowest BCUT2D eigenvalue weighted by molar-refractivity contribution is 0.405. The molecule has 0 atom stereocenters. The summed E-state index contributed by atoms with van der Waals surface area (Å²) < 4.78 is 14.8. The van der Waals surface area contributed by atoms with Crippen molar-refractivity contribution in [1.82, 2.24) is 9.78 Å². The fourth-order valence-corrected chi connectivity index (χ4v) is 1.76. The first-order valence-corrected chi connectivity index (χ1v) is 5.74. The molecular formula is C14H17FN2. The van der Waals surface area contributed by atoms with Gasteiger partial charge in [-0.1, -0.05) is 26.8 Å². The molecule has 1 heterocycles. The van der Waals surface area contributed by atoms with Crippen LogP contribution < -0.4 is 0 Å². The summed E-state index contributed by atoms with van der Waals surface area (Å²) in [5.41, 5.74) is 1.99. The Kier molecular flexibility index (Phi) is 3.01. The second-order valence-electron chi connectivity index (χ2n) is 5.47. The van der Waals surface area contributed by atoms with Crippen molar-refractivity contribution < 1.29 is 4.39 Å². The van der Waals surface area contributed by atoms with E-state index in [0.29, 0.717) is 0 Å². The van der Waals surface area contributed by atoms with Crippen LogP contribution in [0.3, 0.4) is 0 Å². The van der Waals surface area contributed by atoms with E-state index in [1.807, 2.05) is 18.3 Å². The van der Waals surface area contributed by atoms with E-state index < -0.39 is 0 Å². The maximum atomic E-state index is 13.1. The molecule has 0 spiro atoms. The van der Waals surface area contributed by atoms with Crippen molar-refractivity contribution in [3.63, 3.8) is 0 Å². The summed E-state index contributed by atoms with van der Waals surface area (Å²) in [5.74, 6) is -0.240. The second-order valence-corrected chi connectivity index (χ2v) is 5.47. The zero-order valence-electron chi connectivity index (χ0n) is 10.4. The third-order valence-electron chi connectivity index (χ3n) is 2.43. The summed E-state index contributed by atoms with van der Waals surface area (Å²) in [7, 11) is 0. The Morgan fingerprint density at radius 3 is 2.65 bits per heavy atom. The van der Waals surface area contributed by atoms with E-state index in [-0.39, 0.29) is 11.2 Å². The highest BCUT2D eigenvalue weighted by Crippen LogP contribution is 2.20. The molecule has 2 aromatic rings.